The lowest BCUT2D eigenvalue weighted by atomic mass is 10.1. The lowest BCUT2D eigenvalue weighted by Gasteiger charge is -2.10. The Morgan fingerprint density at radius 2 is 2.20 bits per heavy atom. The Hall–Kier alpha value is -1.58. The van der Waals surface area contributed by atoms with Gasteiger partial charge in [0.1, 0.15) is 11.6 Å². The van der Waals surface area contributed by atoms with Gasteiger partial charge in [-0.1, -0.05) is 0 Å². The first kappa shape index (κ1) is 11.5. The van der Waals surface area contributed by atoms with Crippen molar-refractivity contribution in [2.24, 2.45) is 0 Å². The molecule has 0 amide bonds. The van der Waals surface area contributed by atoms with Crippen molar-refractivity contribution in [1.82, 2.24) is 0 Å². The fraction of sp³-hybridized carbons (Fsp3) is 0.364. The van der Waals surface area contributed by atoms with Crippen LogP contribution in [0.4, 0.5) is 4.39 Å². The quantitative estimate of drug-likeness (QED) is 0.831. The number of benzene rings is 1. The van der Waals surface area contributed by atoms with Crippen LogP contribution in [0.3, 0.4) is 0 Å². The van der Waals surface area contributed by atoms with Gasteiger partial charge in [-0.05, 0) is 31.5 Å². The Kier molecular flexibility index (Phi) is 3.66. The van der Waals surface area contributed by atoms with Crippen molar-refractivity contribution in [2.45, 2.75) is 20.3 Å². The van der Waals surface area contributed by atoms with Gasteiger partial charge in [0.15, 0.2) is 0 Å². The minimum atomic E-state index is -1.07. The second-order valence-corrected chi connectivity index (χ2v) is 3.23. The number of aliphatic carboxylic acids is 1. The topological polar surface area (TPSA) is 46.5 Å². The van der Waals surface area contributed by atoms with E-state index in [4.69, 9.17) is 9.84 Å². The minimum Gasteiger partial charge on any atom is -0.493 e. The monoisotopic (exact) mass is 212 g/mol. The van der Waals surface area contributed by atoms with E-state index in [0.717, 1.165) is 0 Å². The molecule has 3 nitrogen and oxygen atoms in total. The maximum atomic E-state index is 13.5. The highest BCUT2D eigenvalue weighted by atomic mass is 19.1. The van der Waals surface area contributed by atoms with Crippen LogP contribution in [0.2, 0.25) is 0 Å². The van der Waals surface area contributed by atoms with Gasteiger partial charge in [-0.25, -0.2) is 4.39 Å². The van der Waals surface area contributed by atoms with E-state index in [2.05, 4.69) is 0 Å². The molecule has 82 valence electrons. The average Bonchev–Trinajstić information content (AvgIpc) is 2.11. The fourth-order valence-electron chi connectivity index (χ4n) is 1.35. The molecule has 0 aromatic heterocycles. The van der Waals surface area contributed by atoms with E-state index in [0.29, 0.717) is 17.9 Å². The van der Waals surface area contributed by atoms with E-state index in [1.165, 1.54) is 6.07 Å². The van der Waals surface area contributed by atoms with Gasteiger partial charge in [0.05, 0.1) is 13.0 Å². The summed E-state index contributed by atoms with van der Waals surface area (Å²) >= 11 is 0. The predicted octanol–water partition coefficient (Wildman–Crippen LogP) is 2.16. The zero-order valence-corrected chi connectivity index (χ0v) is 8.71. The number of carboxylic acids is 1. The molecule has 0 aliphatic rings. The second kappa shape index (κ2) is 4.77. The summed E-state index contributed by atoms with van der Waals surface area (Å²) in [7, 11) is 0. The van der Waals surface area contributed by atoms with Crippen molar-refractivity contribution in [3.05, 3.63) is 29.1 Å². The van der Waals surface area contributed by atoms with E-state index in [1.54, 1.807) is 19.9 Å². The van der Waals surface area contributed by atoms with Crippen LogP contribution >= 0.6 is 0 Å². The molecule has 0 aliphatic heterocycles. The van der Waals surface area contributed by atoms with E-state index in [1.807, 2.05) is 0 Å². The summed E-state index contributed by atoms with van der Waals surface area (Å²) in [6.45, 7) is 3.89. The van der Waals surface area contributed by atoms with E-state index < -0.39 is 11.8 Å². The molecule has 15 heavy (non-hydrogen) atoms. The van der Waals surface area contributed by atoms with Gasteiger partial charge < -0.3 is 9.84 Å². The zero-order chi connectivity index (χ0) is 11.4. The van der Waals surface area contributed by atoms with Crippen molar-refractivity contribution < 1.29 is 19.0 Å². The molecule has 0 bridgehead atoms. The third-order valence-corrected chi connectivity index (χ3v) is 1.93. The normalized spacial score (nSPS) is 10.1. The van der Waals surface area contributed by atoms with Crippen LogP contribution in [0, 0.1) is 12.7 Å². The highest BCUT2D eigenvalue weighted by molar-refractivity contribution is 5.71. The highest BCUT2D eigenvalue weighted by Crippen LogP contribution is 2.24. The van der Waals surface area contributed by atoms with Gasteiger partial charge >= 0.3 is 5.97 Å². The lowest BCUT2D eigenvalue weighted by Crippen LogP contribution is -2.06. The molecule has 0 saturated carbocycles. The number of hydrogen-bond acceptors (Lipinski definition) is 2. The Bertz CT molecular complexity index is 374. The fourth-order valence-corrected chi connectivity index (χ4v) is 1.35. The van der Waals surface area contributed by atoms with E-state index in [-0.39, 0.29) is 12.0 Å². The molecule has 1 N–H and O–H groups in total. The maximum absolute atomic E-state index is 13.5. The van der Waals surface area contributed by atoms with Crippen LogP contribution in [0.1, 0.15) is 18.1 Å². The molecular weight excluding hydrogens is 199 g/mol. The van der Waals surface area contributed by atoms with E-state index >= 15 is 0 Å². The molecular formula is C11H13FO3. The number of hydrogen-bond donors (Lipinski definition) is 1. The van der Waals surface area contributed by atoms with Gasteiger partial charge in [-0.15, -0.1) is 0 Å². The summed E-state index contributed by atoms with van der Waals surface area (Å²) in [5.41, 5.74) is 0.819. The first-order valence-electron chi connectivity index (χ1n) is 4.68. The number of carboxylic acid groups (broad SMARTS) is 1. The summed E-state index contributed by atoms with van der Waals surface area (Å²) in [6.07, 6.45) is -0.360. The number of halogens is 1. The maximum Gasteiger partial charge on any atom is 0.308 e. The van der Waals surface area contributed by atoms with Gasteiger partial charge in [-0.2, -0.15) is 0 Å². The van der Waals surface area contributed by atoms with Crippen LogP contribution in [-0.2, 0) is 11.2 Å². The van der Waals surface area contributed by atoms with Crippen molar-refractivity contribution in [3.63, 3.8) is 0 Å². The Balaban J connectivity index is 3.14. The molecule has 0 saturated heterocycles. The number of ether oxygens (including phenoxy) is 1. The summed E-state index contributed by atoms with van der Waals surface area (Å²) in [6, 6.07) is 2.95. The first-order valence-corrected chi connectivity index (χ1v) is 4.68. The van der Waals surface area contributed by atoms with Crippen LogP contribution < -0.4 is 4.74 Å². The van der Waals surface area contributed by atoms with Crippen molar-refractivity contribution in [2.75, 3.05) is 6.61 Å². The summed E-state index contributed by atoms with van der Waals surface area (Å²) in [5.74, 6) is -1.28. The smallest absolute Gasteiger partial charge is 0.308 e. The number of carbonyl (C=O) groups is 1. The molecule has 0 heterocycles. The molecule has 0 aliphatic carbocycles. The first-order chi connectivity index (χ1) is 7.04. The Labute approximate surface area is 87.5 Å². The predicted molar refractivity (Wildman–Crippen MR) is 53.6 cm³/mol. The summed E-state index contributed by atoms with van der Waals surface area (Å²) in [5, 5.41) is 8.63. The number of rotatable bonds is 4. The van der Waals surface area contributed by atoms with Crippen LogP contribution in [0.25, 0.3) is 0 Å². The lowest BCUT2D eigenvalue weighted by molar-refractivity contribution is -0.136. The molecule has 0 unspecified atom stereocenters. The molecule has 1 aromatic rings. The van der Waals surface area contributed by atoms with E-state index in [9.17, 15) is 9.18 Å². The molecule has 1 rings (SSSR count). The molecule has 1 aromatic carbocycles. The van der Waals surface area contributed by atoms with Crippen LogP contribution in [0.5, 0.6) is 5.75 Å². The highest BCUT2D eigenvalue weighted by Gasteiger charge is 2.14. The van der Waals surface area contributed by atoms with Crippen molar-refractivity contribution in [3.8, 4) is 5.75 Å². The molecule has 0 atom stereocenters. The van der Waals surface area contributed by atoms with Crippen molar-refractivity contribution in [1.29, 1.82) is 0 Å². The largest absolute Gasteiger partial charge is 0.493 e. The average molecular weight is 212 g/mol. The SMILES string of the molecule is CCOc1cc(C)cc(F)c1CC(=O)O. The summed E-state index contributed by atoms with van der Waals surface area (Å²) in [4.78, 5) is 10.5. The second-order valence-electron chi connectivity index (χ2n) is 3.23. The van der Waals surface area contributed by atoms with Gasteiger partial charge in [0.25, 0.3) is 0 Å². The molecule has 0 fully saturated rings. The number of aryl methyl sites for hydroxylation is 1. The molecule has 0 spiro atoms. The standard InChI is InChI=1S/C11H13FO3/c1-3-15-10-5-7(2)4-9(12)8(10)6-11(13)14/h4-5H,3,6H2,1-2H3,(H,13,14). The minimum absolute atomic E-state index is 0.106. The molecule has 4 heteroatoms. The van der Waals surface area contributed by atoms with Gasteiger partial charge in [0.2, 0.25) is 0 Å². The van der Waals surface area contributed by atoms with Gasteiger partial charge in [-0.3, -0.25) is 4.79 Å². The third kappa shape index (κ3) is 2.94. The van der Waals surface area contributed by atoms with Crippen LogP contribution in [0.15, 0.2) is 12.1 Å². The van der Waals surface area contributed by atoms with Gasteiger partial charge in [0, 0.05) is 5.56 Å². The molecule has 0 radical (unpaired) electrons. The summed E-state index contributed by atoms with van der Waals surface area (Å²) < 4.78 is 18.6. The van der Waals surface area contributed by atoms with Crippen LogP contribution in [-0.4, -0.2) is 17.7 Å². The third-order valence-electron chi connectivity index (χ3n) is 1.93. The Morgan fingerprint density at radius 1 is 1.53 bits per heavy atom. The Morgan fingerprint density at radius 3 is 2.73 bits per heavy atom. The zero-order valence-electron chi connectivity index (χ0n) is 8.71. The van der Waals surface area contributed by atoms with Crippen molar-refractivity contribution >= 4 is 5.97 Å².